The van der Waals surface area contributed by atoms with Crippen molar-refractivity contribution < 1.29 is 4.79 Å². The van der Waals surface area contributed by atoms with Crippen molar-refractivity contribution in [2.45, 2.75) is 38.8 Å². The molecule has 0 bridgehead atoms. The number of rotatable bonds is 3. The highest BCUT2D eigenvalue weighted by Gasteiger charge is 2.28. The van der Waals surface area contributed by atoms with Gasteiger partial charge in [0, 0.05) is 0 Å². The van der Waals surface area contributed by atoms with Crippen molar-refractivity contribution >= 4 is 5.91 Å². The molecule has 1 heterocycles. The van der Waals surface area contributed by atoms with Gasteiger partial charge in [0.2, 0.25) is 5.91 Å². The van der Waals surface area contributed by atoms with Crippen molar-refractivity contribution in [1.82, 2.24) is 10.6 Å². The van der Waals surface area contributed by atoms with Crippen molar-refractivity contribution in [2.75, 3.05) is 6.54 Å². The van der Waals surface area contributed by atoms with E-state index in [-0.39, 0.29) is 18.0 Å². The van der Waals surface area contributed by atoms with Crippen LogP contribution in [0.2, 0.25) is 0 Å². The van der Waals surface area contributed by atoms with Crippen molar-refractivity contribution in [3.63, 3.8) is 0 Å². The summed E-state index contributed by atoms with van der Waals surface area (Å²) in [5, 5.41) is 6.41. The summed E-state index contributed by atoms with van der Waals surface area (Å²) in [6.07, 6.45) is 2.30. The molecule has 1 aromatic carbocycles. The normalized spacial score (nSPS) is 25.4. The highest BCUT2D eigenvalue weighted by molar-refractivity contribution is 5.82. The number of carbonyl (C=O) groups excluding carboxylic acids is 1. The van der Waals surface area contributed by atoms with E-state index in [9.17, 15) is 4.79 Å². The van der Waals surface area contributed by atoms with Crippen LogP contribution in [-0.4, -0.2) is 18.5 Å². The van der Waals surface area contributed by atoms with Crippen LogP contribution >= 0.6 is 0 Å². The molecule has 2 unspecified atom stereocenters. The van der Waals surface area contributed by atoms with Crippen LogP contribution in [0.25, 0.3) is 0 Å². The Morgan fingerprint density at radius 1 is 1.39 bits per heavy atom. The molecular formula is C15H22N2O. The van der Waals surface area contributed by atoms with Gasteiger partial charge in [-0.2, -0.15) is 0 Å². The van der Waals surface area contributed by atoms with Crippen LogP contribution in [0.5, 0.6) is 0 Å². The second-order valence-corrected chi connectivity index (χ2v) is 5.19. The summed E-state index contributed by atoms with van der Waals surface area (Å²) in [4.78, 5) is 12.2. The van der Waals surface area contributed by atoms with E-state index in [2.05, 4.69) is 17.6 Å². The fourth-order valence-corrected chi connectivity index (χ4v) is 2.53. The summed E-state index contributed by atoms with van der Waals surface area (Å²) in [5.74, 6) is 0.542. The molecule has 98 valence electrons. The predicted octanol–water partition coefficient (Wildman–Crippen LogP) is 2.25. The largest absolute Gasteiger partial charge is 0.348 e. The zero-order chi connectivity index (χ0) is 13.0. The average molecular weight is 246 g/mol. The van der Waals surface area contributed by atoms with E-state index in [0.717, 1.165) is 18.5 Å². The summed E-state index contributed by atoms with van der Waals surface area (Å²) in [6, 6.07) is 10.1. The second kappa shape index (κ2) is 6.01. The lowest BCUT2D eigenvalue weighted by Crippen LogP contribution is -2.51. The highest BCUT2D eigenvalue weighted by atomic mass is 16.2. The predicted molar refractivity (Wildman–Crippen MR) is 73.2 cm³/mol. The smallest absolute Gasteiger partial charge is 0.237 e. The molecule has 0 radical (unpaired) electrons. The maximum atomic E-state index is 12.2. The Morgan fingerprint density at radius 3 is 2.78 bits per heavy atom. The molecule has 0 saturated carbocycles. The van der Waals surface area contributed by atoms with Crippen LogP contribution in [-0.2, 0) is 4.79 Å². The number of hydrogen-bond acceptors (Lipinski definition) is 2. The fraction of sp³-hybridized carbons (Fsp3) is 0.533. The van der Waals surface area contributed by atoms with Crippen LogP contribution in [0.4, 0.5) is 0 Å². The molecule has 1 fully saturated rings. The van der Waals surface area contributed by atoms with Crippen molar-refractivity contribution in [1.29, 1.82) is 0 Å². The Morgan fingerprint density at radius 2 is 2.11 bits per heavy atom. The summed E-state index contributed by atoms with van der Waals surface area (Å²) in [7, 11) is 0. The standard InChI is InChI=1S/C15H22N2O/c1-11-7-6-10-16-14(11)15(18)17-12(2)13-8-4-3-5-9-13/h3-5,8-9,11-12,14,16H,6-7,10H2,1-2H3,(H,17,18)/t11?,12-,14?/m1/s1. The Hall–Kier alpha value is -1.35. The van der Waals surface area contributed by atoms with Crippen molar-refractivity contribution in [3.8, 4) is 0 Å². The average Bonchev–Trinajstić information content (AvgIpc) is 2.40. The molecule has 0 aliphatic carbocycles. The maximum absolute atomic E-state index is 12.2. The number of amides is 1. The molecule has 1 aliphatic heterocycles. The quantitative estimate of drug-likeness (QED) is 0.859. The molecule has 1 saturated heterocycles. The lowest BCUT2D eigenvalue weighted by Gasteiger charge is -2.30. The molecule has 0 aromatic heterocycles. The van der Waals surface area contributed by atoms with E-state index >= 15 is 0 Å². The SMILES string of the molecule is CC1CCCNC1C(=O)N[C@H](C)c1ccccc1. The van der Waals surface area contributed by atoms with Crippen LogP contribution in [0, 0.1) is 5.92 Å². The first-order valence-electron chi connectivity index (χ1n) is 6.77. The molecule has 1 amide bonds. The van der Waals surface area contributed by atoms with Gasteiger partial charge in [-0.1, -0.05) is 37.3 Å². The topological polar surface area (TPSA) is 41.1 Å². The number of hydrogen-bond donors (Lipinski definition) is 2. The van der Waals surface area contributed by atoms with Gasteiger partial charge in [-0.05, 0) is 37.8 Å². The first-order valence-corrected chi connectivity index (χ1v) is 6.77. The molecule has 3 atom stereocenters. The number of benzene rings is 1. The van der Waals surface area contributed by atoms with Gasteiger partial charge in [-0.15, -0.1) is 0 Å². The van der Waals surface area contributed by atoms with Crippen LogP contribution in [0.15, 0.2) is 30.3 Å². The lowest BCUT2D eigenvalue weighted by atomic mass is 9.92. The van der Waals surface area contributed by atoms with Crippen LogP contribution < -0.4 is 10.6 Å². The van der Waals surface area contributed by atoms with Gasteiger partial charge in [0.15, 0.2) is 0 Å². The van der Waals surface area contributed by atoms with E-state index in [0.29, 0.717) is 5.92 Å². The Bertz CT molecular complexity index is 391. The first-order chi connectivity index (χ1) is 8.68. The van der Waals surface area contributed by atoms with E-state index < -0.39 is 0 Å². The summed E-state index contributed by atoms with van der Waals surface area (Å²) in [5.41, 5.74) is 1.15. The Kier molecular flexibility index (Phi) is 4.37. The second-order valence-electron chi connectivity index (χ2n) is 5.19. The van der Waals surface area contributed by atoms with Gasteiger partial charge in [-0.25, -0.2) is 0 Å². The zero-order valence-electron chi connectivity index (χ0n) is 11.1. The van der Waals surface area contributed by atoms with E-state index in [1.165, 1.54) is 6.42 Å². The van der Waals surface area contributed by atoms with Gasteiger partial charge in [0.25, 0.3) is 0 Å². The summed E-state index contributed by atoms with van der Waals surface area (Å²) < 4.78 is 0. The molecule has 3 heteroatoms. The molecule has 2 rings (SSSR count). The Labute approximate surface area is 109 Å². The number of piperidine rings is 1. The third-order valence-electron chi connectivity index (χ3n) is 3.71. The minimum Gasteiger partial charge on any atom is -0.348 e. The third kappa shape index (κ3) is 3.10. The van der Waals surface area contributed by atoms with Gasteiger partial charge < -0.3 is 10.6 Å². The third-order valence-corrected chi connectivity index (χ3v) is 3.71. The van der Waals surface area contributed by atoms with Crippen LogP contribution in [0.1, 0.15) is 38.3 Å². The molecule has 0 spiro atoms. The highest BCUT2D eigenvalue weighted by Crippen LogP contribution is 2.17. The molecule has 18 heavy (non-hydrogen) atoms. The number of carbonyl (C=O) groups is 1. The zero-order valence-corrected chi connectivity index (χ0v) is 11.1. The van der Waals surface area contributed by atoms with E-state index in [4.69, 9.17) is 0 Å². The minimum absolute atomic E-state index is 0.0371. The Balaban J connectivity index is 1.94. The van der Waals surface area contributed by atoms with E-state index in [1.807, 2.05) is 37.3 Å². The molecular weight excluding hydrogens is 224 g/mol. The van der Waals surface area contributed by atoms with Crippen molar-refractivity contribution in [2.24, 2.45) is 5.92 Å². The number of nitrogens with one attached hydrogen (secondary N) is 2. The molecule has 1 aromatic rings. The first kappa shape index (κ1) is 13.1. The summed E-state index contributed by atoms with van der Waals surface area (Å²) in [6.45, 7) is 5.12. The monoisotopic (exact) mass is 246 g/mol. The fourth-order valence-electron chi connectivity index (χ4n) is 2.53. The van der Waals surface area contributed by atoms with Gasteiger partial charge >= 0.3 is 0 Å². The minimum atomic E-state index is -0.0371. The van der Waals surface area contributed by atoms with Gasteiger partial charge in [0.05, 0.1) is 12.1 Å². The maximum Gasteiger partial charge on any atom is 0.237 e. The molecule has 3 nitrogen and oxygen atoms in total. The van der Waals surface area contributed by atoms with Crippen molar-refractivity contribution in [3.05, 3.63) is 35.9 Å². The van der Waals surface area contributed by atoms with Gasteiger partial charge in [-0.3, -0.25) is 4.79 Å². The summed E-state index contributed by atoms with van der Waals surface area (Å²) >= 11 is 0. The van der Waals surface area contributed by atoms with Crippen LogP contribution in [0.3, 0.4) is 0 Å². The molecule has 1 aliphatic rings. The lowest BCUT2D eigenvalue weighted by molar-refractivity contribution is -0.125. The van der Waals surface area contributed by atoms with E-state index in [1.54, 1.807) is 0 Å². The van der Waals surface area contributed by atoms with Gasteiger partial charge in [0.1, 0.15) is 0 Å². The molecule has 2 N–H and O–H groups in total.